The Bertz CT molecular complexity index is 770. The highest BCUT2D eigenvalue weighted by Crippen LogP contribution is 2.55. The molecule has 0 unspecified atom stereocenters. The van der Waals surface area contributed by atoms with Crippen LogP contribution in [-0.4, -0.2) is 5.78 Å². The molecule has 1 nitrogen and oxygen atoms in total. The van der Waals surface area contributed by atoms with E-state index in [0.29, 0.717) is 12.2 Å². The number of Topliss-reactive ketones (excluding diaryl/α,β-unsaturated/α-hetero) is 1. The molecule has 0 saturated heterocycles. The van der Waals surface area contributed by atoms with Crippen molar-refractivity contribution in [2.24, 2.45) is 0 Å². The Labute approximate surface area is 131 Å². The second-order valence-corrected chi connectivity index (χ2v) is 6.45. The number of allylic oxidation sites excluding steroid dienone is 2. The lowest BCUT2D eigenvalue weighted by molar-refractivity contribution is -0.124. The maximum Gasteiger partial charge on any atom is 0.147 e. The maximum atomic E-state index is 13.1. The fraction of sp³-hybridized carbons (Fsp3) is 0.286. The van der Waals surface area contributed by atoms with E-state index in [1.807, 2.05) is 6.07 Å². The molecule has 0 N–H and O–H groups in total. The first-order valence-electron chi connectivity index (χ1n) is 8.15. The fourth-order valence-electron chi connectivity index (χ4n) is 4.42. The van der Waals surface area contributed by atoms with Crippen molar-refractivity contribution >= 4 is 16.9 Å². The average molecular weight is 288 g/mol. The number of carbonyl (C=O) groups excluding carboxylic acids is 1. The molecule has 4 rings (SSSR count). The Kier molecular flexibility index (Phi) is 3.04. The summed E-state index contributed by atoms with van der Waals surface area (Å²) in [6, 6.07) is 19.0. The zero-order chi connectivity index (χ0) is 15.2. The van der Waals surface area contributed by atoms with Gasteiger partial charge in [-0.1, -0.05) is 61.0 Å². The van der Waals surface area contributed by atoms with Crippen LogP contribution in [0.1, 0.15) is 49.3 Å². The summed E-state index contributed by atoms with van der Waals surface area (Å²) in [6.45, 7) is 2.18. The lowest BCUT2D eigenvalue weighted by atomic mass is 9.64. The molecule has 22 heavy (non-hydrogen) atoms. The highest BCUT2D eigenvalue weighted by Gasteiger charge is 2.50. The van der Waals surface area contributed by atoms with E-state index in [2.05, 4.69) is 55.5 Å². The third-order valence-corrected chi connectivity index (χ3v) is 5.34. The molecule has 2 aliphatic carbocycles. The van der Waals surface area contributed by atoms with Gasteiger partial charge in [0.25, 0.3) is 0 Å². The van der Waals surface area contributed by atoms with E-state index in [0.717, 1.165) is 19.3 Å². The van der Waals surface area contributed by atoms with Crippen molar-refractivity contribution in [2.75, 3.05) is 0 Å². The van der Waals surface area contributed by atoms with Crippen LogP contribution in [0.3, 0.4) is 0 Å². The second kappa shape index (κ2) is 4.95. The first-order valence-corrected chi connectivity index (χ1v) is 8.15. The molecule has 1 heteroatoms. The molecule has 1 spiro atoms. The van der Waals surface area contributed by atoms with Crippen molar-refractivity contribution in [2.45, 2.75) is 38.0 Å². The molecule has 0 aromatic heterocycles. The minimum atomic E-state index is -0.403. The number of carbonyl (C=O) groups is 1. The summed E-state index contributed by atoms with van der Waals surface area (Å²) in [5.74, 6) is 0.405. The van der Waals surface area contributed by atoms with Crippen molar-refractivity contribution in [1.29, 1.82) is 0 Å². The second-order valence-electron chi connectivity index (χ2n) is 6.45. The Morgan fingerprint density at radius 2 is 1.64 bits per heavy atom. The lowest BCUT2D eigenvalue weighted by Crippen LogP contribution is -2.38. The fourth-order valence-corrected chi connectivity index (χ4v) is 4.42. The Balaban J connectivity index is 2.03. The standard InChI is InChI=1S/C21H20O/c1-15-17-11-5-6-12-18(17)21(14-8-7-13-19(21)22)20(15)16-9-3-2-4-10-16/h2-6,9-12H,7-8,13-14H2,1H3/t21-/m0/s1. The summed E-state index contributed by atoms with van der Waals surface area (Å²) in [5.41, 5.74) is 5.82. The van der Waals surface area contributed by atoms with E-state index in [9.17, 15) is 4.79 Å². The van der Waals surface area contributed by atoms with Crippen molar-refractivity contribution in [3.05, 3.63) is 71.3 Å². The van der Waals surface area contributed by atoms with E-state index >= 15 is 0 Å². The van der Waals surface area contributed by atoms with Crippen LogP contribution >= 0.6 is 0 Å². The highest BCUT2D eigenvalue weighted by atomic mass is 16.1. The normalized spacial score (nSPS) is 24.0. The summed E-state index contributed by atoms with van der Waals surface area (Å²) >= 11 is 0. The third kappa shape index (κ3) is 1.68. The largest absolute Gasteiger partial charge is 0.298 e. The van der Waals surface area contributed by atoms with Gasteiger partial charge in [0, 0.05) is 6.42 Å². The number of hydrogen-bond acceptors (Lipinski definition) is 1. The molecule has 110 valence electrons. The van der Waals surface area contributed by atoms with E-state index in [1.54, 1.807) is 0 Å². The third-order valence-electron chi connectivity index (χ3n) is 5.34. The van der Waals surface area contributed by atoms with Gasteiger partial charge in [0.15, 0.2) is 0 Å². The van der Waals surface area contributed by atoms with Crippen LogP contribution in [0.15, 0.2) is 54.6 Å². The predicted octanol–water partition coefficient (Wildman–Crippen LogP) is 5.01. The van der Waals surface area contributed by atoms with Crippen molar-refractivity contribution in [1.82, 2.24) is 0 Å². The molecule has 0 heterocycles. The smallest absolute Gasteiger partial charge is 0.147 e. The molecule has 2 aliphatic rings. The molecule has 0 aliphatic heterocycles. The van der Waals surface area contributed by atoms with Crippen molar-refractivity contribution in [3.8, 4) is 0 Å². The molecule has 0 bridgehead atoms. The van der Waals surface area contributed by atoms with Gasteiger partial charge in [0.1, 0.15) is 5.78 Å². The first-order chi connectivity index (χ1) is 10.7. The van der Waals surface area contributed by atoms with Crippen LogP contribution in [0.25, 0.3) is 11.1 Å². The first kappa shape index (κ1) is 13.5. The predicted molar refractivity (Wildman–Crippen MR) is 90.5 cm³/mol. The van der Waals surface area contributed by atoms with Gasteiger partial charge >= 0.3 is 0 Å². The van der Waals surface area contributed by atoms with Gasteiger partial charge in [0.2, 0.25) is 0 Å². The molecule has 2 aromatic rings. The van der Waals surface area contributed by atoms with Crippen molar-refractivity contribution in [3.63, 3.8) is 0 Å². The minimum Gasteiger partial charge on any atom is -0.298 e. The Hall–Kier alpha value is -2.15. The SMILES string of the molecule is CC1=C(c2ccccc2)[C@@]2(CCCCC2=O)c2ccccc21. The van der Waals surface area contributed by atoms with Gasteiger partial charge in [0.05, 0.1) is 5.41 Å². The summed E-state index contributed by atoms with van der Waals surface area (Å²) in [7, 11) is 0. The van der Waals surface area contributed by atoms with Crippen LogP contribution in [0.5, 0.6) is 0 Å². The molecule has 1 atom stereocenters. The Morgan fingerprint density at radius 3 is 2.41 bits per heavy atom. The molecular formula is C21H20O. The van der Waals surface area contributed by atoms with Crippen LogP contribution in [0, 0.1) is 0 Å². The van der Waals surface area contributed by atoms with Crippen LogP contribution in [0.4, 0.5) is 0 Å². The number of hydrogen-bond donors (Lipinski definition) is 0. The minimum absolute atomic E-state index is 0.403. The van der Waals surface area contributed by atoms with Gasteiger partial charge < -0.3 is 0 Å². The topological polar surface area (TPSA) is 17.1 Å². The van der Waals surface area contributed by atoms with Crippen LogP contribution in [-0.2, 0) is 10.2 Å². The average Bonchev–Trinajstić information content (AvgIpc) is 2.81. The number of ketones is 1. The van der Waals surface area contributed by atoms with E-state index in [4.69, 9.17) is 0 Å². The van der Waals surface area contributed by atoms with Gasteiger partial charge in [-0.25, -0.2) is 0 Å². The Morgan fingerprint density at radius 1 is 0.909 bits per heavy atom. The lowest BCUT2D eigenvalue weighted by Gasteiger charge is -2.36. The van der Waals surface area contributed by atoms with Gasteiger partial charge in [-0.3, -0.25) is 4.79 Å². The zero-order valence-electron chi connectivity index (χ0n) is 12.9. The summed E-state index contributed by atoms with van der Waals surface area (Å²) in [5, 5.41) is 0. The number of rotatable bonds is 1. The highest BCUT2D eigenvalue weighted by molar-refractivity contribution is 6.14. The van der Waals surface area contributed by atoms with Crippen molar-refractivity contribution < 1.29 is 4.79 Å². The van der Waals surface area contributed by atoms with E-state index < -0.39 is 5.41 Å². The summed E-state index contributed by atoms with van der Waals surface area (Å²) < 4.78 is 0. The number of benzene rings is 2. The van der Waals surface area contributed by atoms with Crippen LogP contribution in [0.2, 0.25) is 0 Å². The van der Waals surface area contributed by atoms with Gasteiger partial charge in [-0.05, 0) is 47.6 Å². The quantitative estimate of drug-likeness (QED) is 0.720. The number of fused-ring (bicyclic) bond motifs is 2. The monoisotopic (exact) mass is 288 g/mol. The van der Waals surface area contributed by atoms with E-state index in [1.165, 1.54) is 27.8 Å². The van der Waals surface area contributed by atoms with Crippen LogP contribution < -0.4 is 0 Å². The summed E-state index contributed by atoms with van der Waals surface area (Å²) in [4.78, 5) is 13.1. The maximum absolute atomic E-state index is 13.1. The summed E-state index contributed by atoms with van der Waals surface area (Å²) in [6.07, 6.45) is 3.82. The van der Waals surface area contributed by atoms with E-state index in [-0.39, 0.29) is 0 Å². The molecule has 0 amide bonds. The zero-order valence-corrected chi connectivity index (χ0v) is 12.9. The molecule has 1 saturated carbocycles. The molecule has 0 radical (unpaired) electrons. The molecule has 2 aromatic carbocycles. The molecular weight excluding hydrogens is 268 g/mol. The van der Waals surface area contributed by atoms with Gasteiger partial charge in [-0.15, -0.1) is 0 Å². The molecule has 1 fully saturated rings. The van der Waals surface area contributed by atoms with Gasteiger partial charge in [-0.2, -0.15) is 0 Å².